The van der Waals surface area contributed by atoms with E-state index in [1.807, 2.05) is 13.1 Å². The predicted molar refractivity (Wildman–Crippen MR) is 71.8 cm³/mol. The van der Waals surface area contributed by atoms with Crippen LogP contribution in [0.3, 0.4) is 0 Å². The topological polar surface area (TPSA) is 64.9 Å². The number of rotatable bonds is 4. The number of halogens is 1. The van der Waals surface area contributed by atoms with Crippen LogP contribution in [0.25, 0.3) is 0 Å². The lowest BCUT2D eigenvalue weighted by atomic mass is 10.4. The molecular weight excluding hydrogens is 333 g/mol. The summed E-state index contributed by atoms with van der Waals surface area (Å²) in [7, 11) is 3.46. The average molecular weight is 345 g/mol. The van der Waals surface area contributed by atoms with Gasteiger partial charge in [-0.05, 0) is 22.6 Å². The van der Waals surface area contributed by atoms with Crippen LogP contribution in [-0.2, 0) is 13.6 Å². The van der Waals surface area contributed by atoms with Crippen LogP contribution in [0.2, 0.25) is 0 Å². The Labute approximate surface area is 113 Å². The summed E-state index contributed by atoms with van der Waals surface area (Å²) < 4.78 is 7.83. The van der Waals surface area contributed by atoms with E-state index in [2.05, 4.69) is 43.0 Å². The van der Waals surface area contributed by atoms with Crippen molar-refractivity contribution in [3.63, 3.8) is 0 Å². The van der Waals surface area contributed by atoms with Crippen molar-refractivity contribution in [3.8, 4) is 5.88 Å². The third-order valence-corrected chi connectivity index (χ3v) is 2.70. The second-order valence-electron chi connectivity index (χ2n) is 3.38. The maximum Gasteiger partial charge on any atom is 0.222 e. The highest BCUT2D eigenvalue weighted by Gasteiger charge is 2.05. The van der Waals surface area contributed by atoms with Crippen molar-refractivity contribution in [1.82, 2.24) is 19.7 Å². The summed E-state index contributed by atoms with van der Waals surface area (Å²) in [5, 5.41) is 7.38. The number of ether oxygens (including phenoxy) is 1. The van der Waals surface area contributed by atoms with Crippen molar-refractivity contribution in [2.75, 3.05) is 12.4 Å². The Morgan fingerprint density at radius 2 is 2.12 bits per heavy atom. The molecule has 6 nitrogen and oxygen atoms in total. The number of hydrogen-bond donors (Lipinski definition) is 1. The normalized spacial score (nSPS) is 10.3. The fourth-order valence-electron chi connectivity index (χ4n) is 1.36. The molecule has 0 amide bonds. The Hall–Kier alpha value is -1.38. The van der Waals surface area contributed by atoms with Crippen molar-refractivity contribution in [3.05, 3.63) is 27.7 Å². The van der Waals surface area contributed by atoms with Gasteiger partial charge in [-0.1, -0.05) is 0 Å². The number of anilines is 1. The maximum absolute atomic E-state index is 5.13. The standard InChI is InChI=1S/C10H12IN5O/c1-16-9(17-2)3-8(15-16)6-14-10-12-4-7(11)5-13-10/h3-5H,6H2,1-2H3,(H,12,13,14). The Morgan fingerprint density at radius 1 is 1.41 bits per heavy atom. The van der Waals surface area contributed by atoms with Crippen molar-refractivity contribution in [2.45, 2.75) is 6.54 Å². The lowest BCUT2D eigenvalue weighted by molar-refractivity contribution is 0.373. The van der Waals surface area contributed by atoms with Gasteiger partial charge in [0.05, 0.1) is 19.3 Å². The minimum atomic E-state index is 0.567. The summed E-state index contributed by atoms with van der Waals surface area (Å²) in [5.41, 5.74) is 0.881. The molecule has 0 aliphatic rings. The predicted octanol–water partition coefficient (Wildman–Crippen LogP) is 1.44. The van der Waals surface area contributed by atoms with Gasteiger partial charge in [0.2, 0.25) is 11.8 Å². The molecule has 0 bridgehead atoms. The SMILES string of the molecule is COc1cc(CNc2ncc(I)cn2)nn1C. The molecule has 7 heteroatoms. The zero-order valence-electron chi connectivity index (χ0n) is 9.51. The van der Waals surface area contributed by atoms with Gasteiger partial charge in [-0.2, -0.15) is 5.10 Å². The van der Waals surface area contributed by atoms with Gasteiger partial charge in [-0.3, -0.25) is 0 Å². The zero-order valence-corrected chi connectivity index (χ0v) is 11.7. The third kappa shape index (κ3) is 3.05. The van der Waals surface area contributed by atoms with Gasteiger partial charge in [-0.25, -0.2) is 14.6 Å². The van der Waals surface area contributed by atoms with Gasteiger partial charge in [0.15, 0.2) is 0 Å². The van der Waals surface area contributed by atoms with Crippen LogP contribution in [0.15, 0.2) is 18.5 Å². The molecule has 0 fully saturated rings. The van der Waals surface area contributed by atoms with E-state index in [1.165, 1.54) is 0 Å². The van der Waals surface area contributed by atoms with E-state index in [9.17, 15) is 0 Å². The largest absolute Gasteiger partial charge is 0.481 e. The average Bonchev–Trinajstić information content (AvgIpc) is 2.69. The van der Waals surface area contributed by atoms with Crippen LogP contribution in [-0.4, -0.2) is 26.9 Å². The quantitative estimate of drug-likeness (QED) is 0.850. The first-order chi connectivity index (χ1) is 8.19. The summed E-state index contributed by atoms with van der Waals surface area (Å²) in [5.74, 6) is 1.32. The fraction of sp³-hybridized carbons (Fsp3) is 0.300. The van der Waals surface area contributed by atoms with E-state index >= 15 is 0 Å². The second-order valence-corrected chi connectivity index (χ2v) is 4.63. The van der Waals surface area contributed by atoms with Gasteiger partial charge < -0.3 is 10.1 Å². The summed E-state index contributed by atoms with van der Waals surface area (Å²) >= 11 is 2.16. The first-order valence-corrected chi connectivity index (χ1v) is 6.05. The third-order valence-electron chi connectivity index (χ3n) is 2.14. The van der Waals surface area contributed by atoms with Crippen molar-refractivity contribution < 1.29 is 4.74 Å². The van der Waals surface area contributed by atoms with Gasteiger partial charge in [0.1, 0.15) is 0 Å². The molecule has 0 spiro atoms. The minimum absolute atomic E-state index is 0.567. The molecule has 2 rings (SSSR count). The second kappa shape index (κ2) is 5.30. The highest BCUT2D eigenvalue weighted by molar-refractivity contribution is 14.1. The number of aromatic nitrogens is 4. The summed E-state index contributed by atoms with van der Waals surface area (Å²) in [6.45, 7) is 0.567. The number of hydrogen-bond acceptors (Lipinski definition) is 5. The molecule has 0 saturated carbocycles. The van der Waals surface area contributed by atoms with Crippen molar-refractivity contribution in [1.29, 1.82) is 0 Å². The molecule has 0 atom stereocenters. The lowest BCUT2D eigenvalue weighted by Crippen LogP contribution is -2.04. The van der Waals surface area contributed by atoms with Crippen LogP contribution in [0.5, 0.6) is 5.88 Å². The molecule has 2 heterocycles. The van der Waals surface area contributed by atoms with E-state index in [0.717, 1.165) is 15.1 Å². The van der Waals surface area contributed by atoms with E-state index < -0.39 is 0 Å². The Kier molecular flexibility index (Phi) is 3.77. The molecular formula is C10H12IN5O. The van der Waals surface area contributed by atoms with E-state index in [4.69, 9.17) is 4.74 Å². The van der Waals surface area contributed by atoms with E-state index in [0.29, 0.717) is 12.5 Å². The van der Waals surface area contributed by atoms with Crippen LogP contribution >= 0.6 is 22.6 Å². The molecule has 2 aromatic rings. The molecule has 1 N–H and O–H groups in total. The highest BCUT2D eigenvalue weighted by atomic mass is 127. The zero-order chi connectivity index (χ0) is 12.3. The first kappa shape index (κ1) is 12.1. The molecule has 90 valence electrons. The first-order valence-electron chi connectivity index (χ1n) is 4.97. The number of aryl methyl sites for hydroxylation is 1. The Morgan fingerprint density at radius 3 is 2.71 bits per heavy atom. The molecule has 17 heavy (non-hydrogen) atoms. The molecule has 0 aliphatic heterocycles. The molecule has 2 aromatic heterocycles. The number of nitrogens with zero attached hydrogens (tertiary/aromatic N) is 4. The molecule has 0 aromatic carbocycles. The van der Waals surface area contributed by atoms with Crippen molar-refractivity contribution in [2.24, 2.45) is 7.05 Å². The summed E-state index contributed by atoms with van der Waals surface area (Å²) in [6.07, 6.45) is 3.52. The van der Waals surface area contributed by atoms with Gasteiger partial charge >= 0.3 is 0 Å². The van der Waals surface area contributed by atoms with E-state index in [1.54, 1.807) is 24.2 Å². The smallest absolute Gasteiger partial charge is 0.222 e. The summed E-state index contributed by atoms with van der Waals surface area (Å²) in [6, 6.07) is 1.87. The molecule has 0 radical (unpaired) electrons. The monoisotopic (exact) mass is 345 g/mol. The number of methoxy groups -OCH3 is 1. The molecule has 0 unspecified atom stereocenters. The molecule has 0 saturated heterocycles. The lowest BCUT2D eigenvalue weighted by Gasteiger charge is -2.01. The summed E-state index contributed by atoms with van der Waals surface area (Å²) in [4.78, 5) is 8.29. The van der Waals surface area contributed by atoms with Crippen molar-refractivity contribution >= 4 is 28.5 Å². The van der Waals surface area contributed by atoms with E-state index in [-0.39, 0.29) is 0 Å². The van der Waals surface area contributed by atoms with Crippen LogP contribution < -0.4 is 10.1 Å². The van der Waals surface area contributed by atoms with Gasteiger partial charge in [-0.15, -0.1) is 0 Å². The van der Waals surface area contributed by atoms with Crippen LogP contribution in [0, 0.1) is 3.57 Å². The Bertz CT molecular complexity index is 496. The minimum Gasteiger partial charge on any atom is -0.481 e. The number of nitrogens with one attached hydrogen (secondary N) is 1. The van der Waals surface area contributed by atoms with Gasteiger partial charge in [0, 0.05) is 29.1 Å². The highest BCUT2D eigenvalue weighted by Crippen LogP contribution is 2.12. The fourth-order valence-corrected chi connectivity index (χ4v) is 1.64. The van der Waals surface area contributed by atoms with Gasteiger partial charge in [0.25, 0.3) is 0 Å². The maximum atomic E-state index is 5.13. The van der Waals surface area contributed by atoms with Crippen LogP contribution in [0.4, 0.5) is 5.95 Å². The van der Waals surface area contributed by atoms with Crippen LogP contribution in [0.1, 0.15) is 5.69 Å². The Balaban J connectivity index is 1.99. The molecule has 0 aliphatic carbocycles.